The van der Waals surface area contributed by atoms with Crippen LogP contribution in [-0.4, -0.2) is 45.0 Å². The molecular formula is C18H23N3O3. The minimum Gasteiger partial charge on any atom is -0.389 e. The summed E-state index contributed by atoms with van der Waals surface area (Å²) in [5, 5.41) is 12.5. The van der Waals surface area contributed by atoms with Crippen molar-refractivity contribution in [2.45, 2.75) is 51.8 Å². The maximum Gasteiger partial charge on any atom is 0.255 e. The molecule has 1 aliphatic carbocycles. The van der Waals surface area contributed by atoms with Gasteiger partial charge >= 0.3 is 0 Å². The molecule has 0 bridgehead atoms. The van der Waals surface area contributed by atoms with Crippen molar-refractivity contribution in [3.63, 3.8) is 0 Å². The number of amides is 2. The highest BCUT2D eigenvalue weighted by molar-refractivity contribution is 6.22. The Bertz CT molecular complexity index is 719. The van der Waals surface area contributed by atoms with Gasteiger partial charge < -0.3 is 15.3 Å². The Morgan fingerprint density at radius 3 is 2.92 bits per heavy atom. The van der Waals surface area contributed by atoms with Crippen molar-refractivity contribution < 1.29 is 14.7 Å². The molecule has 0 aromatic carbocycles. The number of hydrogen-bond acceptors (Lipinski definition) is 4. The Morgan fingerprint density at radius 2 is 2.25 bits per heavy atom. The van der Waals surface area contributed by atoms with E-state index in [0.29, 0.717) is 25.0 Å². The van der Waals surface area contributed by atoms with Gasteiger partial charge in [-0.05, 0) is 31.9 Å². The average molecular weight is 329 g/mol. The molecule has 2 heterocycles. The van der Waals surface area contributed by atoms with Crippen LogP contribution in [0.4, 0.5) is 0 Å². The molecule has 1 atom stereocenters. The summed E-state index contributed by atoms with van der Waals surface area (Å²) in [6.45, 7) is 5.72. The molecule has 2 amide bonds. The molecule has 0 unspecified atom stereocenters. The van der Waals surface area contributed by atoms with Crippen molar-refractivity contribution in [3.05, 3.63) is 35.2 Å². The smallest absolute Gasteiger partial charge is 0.255 e. The highest BCUT2D eigenvalue weighted by atomic mass is 16.3. The highest BCUT2D eigenvalue weighted by Crippen LogP contribution is 2.36. The number of carbonyl (C=O) groups excluding carboxylic acids is 2. The number of nitrogens with zero attached hydrogens (tertiary/aromatic N) is 2. The minimum absolute atomic E-state index is 0.112. The average Bonchev–Trinajstić information content (AvgIpc) is 2.96. The van der Waals surface area contributed by atoms with Gasteiger partial charge in [-0.25, -0.2) is 0 Å². The van der Waals surface area contributed by atoms with Gasteiger partial charge in [-0.2, -0.15) is 0 Å². The molecular weight excluding hydrogens is 306 g/mol. The topological polar surface area (TPSA) is 82.5 Å². The van der Waals surface area contributed by atoms with Gasteiger partial charge in [0.05, 0.1) is 11.3 Å². The van der Waals surface area contributed by atoms with E-state index in [1.165, 1.54) is 0 Å². The monoisotopic (exact) mass is 329 g/mol. The number of hydrogen-bond donors (Lipinski definition) is 2. The predicted molar refractivity (Wildman–Crippen MR) is 89.9 cm³/mol. The van der Waals surface area contributed by atoms with Crippen LogP contribution in [0.25, 0.3) is 5.57 Å². The SMILES string of the molecule is CC[C@H](C(=O)NCC(C)(C)O)N1Cc2ccnc3c2C(=CC3)C1=O. The van der Waals surface area contributed by atoms with Crippen molar-refractivity contribution in [1.29, 1.82) is 0 Å². The zero-order valence-corrected chi connectivity index (χ0v) is 14.3. The van der Waals surface area contributed by atoms with E-state index in [-0.39, 0.29) is 18.4 Å². The fourth-order valence-corrected chi connectivity index (χ4v) is 3.29. The van der Waals surface area contributed by atoms with Crippen LogP contribution in [0, 0.1) is 0 Å². The van der Waals surface area contributed by atoms with Crippen LogP contribution < -0.4 is 5.32 Å². The zero-order valence-electron chi connectivity index (χ0n) is 14.3. The Labute approximate surface area is 141 Å². The molecule has 1 aliphatic heterocycles. The molecule has 0 saturated carbocycles. The number of carbonyl (C=O) groups is 2. The third kappa shape index (κ3) is 2.94. The fourth-order valence-electron chi connectivity index (χ4n) is 3.29. The Hall–Kier alpha value is -2.21. The molecule has 1 aromatic heterocycles. The second kappa shape index (κ2) is 6.02. The zero-order chi connectivity index (χ0) is 17.5. The quantitative estimate of drug-likeness (QED) is 0.845. The van der Waals surface area contributed by atoms with Crippen molar-refractivity contribution in [1.82, 2.24) is 15.2 Å². The van der Waals surface area contributed by atoms with E-state index >= 15 is 0 Å². The molecule has 24 heavy (non-hydrogen) atoms. The van der Waals surface area contributed by atoms with Gasteiger partial charge in [0.1, 0.15) is 6.04 Å². The molecule has 128 valence electrons. The first-order valence-electron chi connectivity index (χ1n) is 8.30. The van der Waals surface area contributed by atoms with E-state index in [4.69, 9.17) is 0 Å². The third-order valence-electron chi connectivity index (χ3n) is 4.48. The summed E-state index contributed by atoms with van der Waals surface area (Å²) < 4.78 is 0. The fraction of sp³-hybridized carbons (Fsp3) is 0.500. The van der Waals surface area contributed by atoms with Crippen LogP contribution in [0.1, 0.15) is 44.0 Å². The minimum atomic E-state index is -0.985. The van der Waals surface area contributed by atoms with Gasteiger partial charge in [0, 0.05) is 36.8 Å². The number of rotatable bonds is 5. The molecule has 6 heteroatoms. The Kier molecular flexibility index (Phi) is 4.17. The predicted octanol–water partition coefficient (Wildman–Crippen LogP) is 1.03. The summed E-state index contributed by atoms with van der Waals surface area (Å²) in [4.78, 5) is 31.4. The van der Waals surface area contributed by atoms with E-state index in [9.17, 15) is 14.7 Å². The maximum absolute atomic E-state index is 12.9. The summed E-state index contributed by atoms with van der Waals surface area (Å²) in [6.07, 6.45) is 4.84. The van der Waals surface area contributed by atoms with Gasteiger partial charge in [0.25, 0.3) is 5.91 Å². The first kappa shape index (κ1) is 16.6. The highest BCUT2D eigenvalue weighted by Gasteiger charge is 2.38. The second-order valence-electron chi connectivity index (χ2n) is 7.00. The van der Waals surface area contributed by atoms with Crippen LogP contribution >= 0.6 is 0 Å². The number of pyridine rings is 1. The van der Waals surface area contributed by atoms with Crippen molar-refractivity contribution in [3.8, 4) is 0 Å². The normalized spacial score (nSPS) is 17.4. The lowest BCUT2D eigenvalue weighted by Crippen LogP contribution is -2.52. The summed E-state index contributed by atoms with van der Waals surface area (Å²) in [5.41, 5.74) is 2.60. The van der Waals surface area contributed by atoms with Crippen molar-refractivity contribution in [2.24, 2.45) is 0 Å². The van der Waals surface area contributed by atoms with Crippen LogP contribution in [0.3, 0.4) is 0 Å². The first-order chi connectivity index (χ1) is 11.3. The van der Waals surface area contributed by atoms with Crippen molar-refractivity contribution >= 4 is 17.4 Å². The van der Waals surface area contributed by atoms with Gasteiger partial charge in [0.2, 0.25) is 5.91 Å². The van der Waals surface area contributed by atoms with E-state index in [0.717, 1.165) is 16.8 Å². The molecule has 2 N–H and O–H groups in total. The lowest BCUT2D eigenvalue weighted by atomic mass is 9.95. The van der Waals surface area contributed by atoms with E-state index in [1.807, 2.05) is 19.1 Å². The number of nitrogens with one attached hydrogen (secondary N) is 1. The number of allylic oxidation sites excluding steroid dienone is 1. The second-order valence-corrected chi connectivity index (χ2v) is 7.00. The van der Waals surface area contributed by atoms with E-state index < -0.39 is 11.6 Å². The summed E-state index contributed by atoms with van der Waals surface area (Å²) in [5.74, 6) is -0.344. The van der Waals surface area contributed by atoms with Crippen LogP contribution in [0.5, 0.6) is 0 Å². The Balaban J connectivity index is 1.84. The van der Waals surface area contributed by atoms with Crippen LogP contribution in [0.15, 0.2) is 18.3 Å². The Morgan fingerprint density at radius 1 is 1.50 bits per heavy atom. The molecule has 6 nitrogen and oxygen atoms in total. The number of aliphatic hydroxyl groups is 1. The summed E-state index contributed by atoms with van der Waals surface area (Å²) >= 11 is 0. The van der Waals surface area contributed by atoms with Crippen molar-refractivity contribution in [2.75, 3.05) is 6.54 Å². The van der Waals surface area contributed by atoms with Gasteiger partial charge in [-0.1, -0.05) is 13.0 Å². The summed E-state index contributed by atoms with van der Waals surface area (Å²) in [7, 11) is 0. The molecule has 3 rings (SSSR count). The molecule has 0 saturated heterocycles. The molecule has 2 aliphatic rings. The van der Waals surface area contributed by atoms with Crippen LogP contribution in [-0.2, 0) is 22.6 Å². The molecule has 0 spiro atoms. The third-order valence-corrected chi connectivity index (χ3v) is 4.48. The molecule has 0 fully saturated rings. The lowest BCUT2D eigenvalue weighted by Gasteiger charge is -2.35. The van der Waals surface area contributed by atoms with Gasteiger partial charge in [-0.3, -0.25) is 14.6 Å². The van der Waals surface area contributed by atoms with Gasteiger partial charge in [0.15, 0.2) is 0 Å². The largest absolute Gasteiger partial charge is 0.389 e. The molecule has 1 aromatic rings. The number of aromatic nitrogens is 1. The first-order valence-corrected chi connectivity index (χ1v) is 8.30. The lowest BCUT2D eigenvalue weighted by molar-refractivity contribution is -0.138. The maximum atomic E-state index is 12.9. The van der Waals surface area contributed by atoms with Gasteiger partial charge in [-0.15, -0.1) is 0 Å². The van der Waals surface area contributed by atoms with Crippen LogP contribution in [0.2, 0.25) is 0 Å². The molecule has 0 radical (unpaired) electrons. The van der Waals surface area contributed by atoms with E-state index in [2.05, 4.69) is 10.3 Å². The van der Waals surface area contributed by atoms with E-state index in [1.54, 1.807) is 24.9 Å². The standard InChI is InChI=1S/C18H23N3O3/c1-4-14(16(22)20-10-18(2,3)24)21-9-11-7-8-19-13-6-5-12(15(11)13)17(21)23/h5,7-8,14,24H,4,6,9-10H2,1-3H3,(H,20,22)/t14-/m1/s1. The summed E-state index contributed by atoms with van der Waals surface area (Å²) in [6, 6.07) is 1.37.